The lowest BCUT2D eigenvalue weighted by atomic mass is 9.77. The highest BCUT2D eigenvalue weighted by atomic mass is 16.5. The van der Waals surface area contributed by atoms with Crippen molar-refractivity contribution >= 4 is 16.9 Å². The Morgan fingerprint density at radius 2 is 1.34 bits per heavy atom. The number of rotatable bonds is 9. The van der Waals surface area contributed by atoms with E-state index in [2.05, 4.69) is 82.5 Å². The van der Waals surface area contributed by atoms with Gasteiger partial charge in [0.05, 0.1) is 24.1 Å². The molecule has 0 unspecified atom stereocenters. The Kier molecular flexibility index (Phi) is 7.78. The first-order valence-electron chi connectivity index (χ1n) is 14.9. The quantitative estimate of drug-likeness (QED) is 0.128. The van der Waals surface area contributed by atoms with Crippen LogP contribution in [0.4, 0.5) is 0 Å². The van der Waals surface area contributed by atoms with Crippen LogP contribution in [0.1, 0.15) is 60.9 Å². The van der Waals surface area contributed by atoms with Gasteiger partial charge in [-0.15, -0.1) is 0 Å². The number of carbonyl (C=O) groups is 1. The summed E-state index contributed by atoms with van der Waals surface area (Å²) >= 11 is 0. The average Bonchev–Trinajstić information content (AvgIpc) is 3.66. The number of pyridine rings is 1. The third-order valence-corrected chi connectivity index (χ3v) is 7.87. The van der Waals surface area contributed by atoms with Gasteiger partial charge in [-0.2, -0.15) is 5.10 Å². The lowest BCUT2D eigenvalue weighted by molar-refractivity contribution is 0.0586. The molecule has 0 bridgehead atoms. The van der Waals surface area contributed by atoms with Crippen LogP contribution in [0.5, 0.6) is 5.88 Å². The van der Waals surface area contributed by atoms with Crippen LogP contribution in [-0.2, 0) is 10.3 Å². The predicted octanol–water partition coefficient (Wildman–Crippen LogP) is 7.89. The number of ether oxygens (including phenoxy) is 2. The topological polar surface area (TPSA) is 71.2 Å². The summed E-state index contributed by atoms with van der Waals surface area (Å²) in [5, 5.41) is 6.23. The molecule has 0 saturated carbocycles. The SMILES string of the molecule is COC(=O)c1cc(-c2nn(C(c3ccccc3)(c3ccccc3)c3ccccc3)c3ccnc(OC(C)C)c23)cn1C(C)C. The third kappa shape index (κ3) is 4.84. The number of benzene rings is 3. The summed E-state index contributed by atoms with van der Waals surface area (Å²) in [5.74, 6) is 0.0800. The molecule has 0 fully saturated rings. The molecule has 222 valence electrons. The van der Waals surface area contributed by atoms with Gasteiger partial charge in [0.15, 0.2) is 0 Å². The zero-order chi connectivity index (χ0) is 30.8. The number of fused-ring (bicyclic) bond motifs is 1. The van der Waals surface area contributed by atoms with E-state index in [0.717, 1.165) is 33.2 Å². The lowest BCUT2D eigenvalue weighted by Crippen LogP contribution is -2.38. The number of nitrogens with zero attached hydrogens (tertiary/aromatic N) is 4. The highest BCUT2D eigenvalue weighted by Crippen LogP contribution is 2.45. The maximum Gasteiger partial charge on any atom is 0.354 e. The second-order valence-electron chi connectivity index (χ2n) is 11.4. The van der Waals surface area contributed by atoms with Crippen LogP contribution in [0.15, 0.2) is 116 Å². The summed E-state index contributed by atoms with van der Waals surface area (Å²) in [6.07, 6.45) is 3.62. The predicted molar refractivity (Wildman–Crippen MR) is 173 cm³/mol. The Balaban J connectivity index is 1.78. The molecule has 3 aromatic heterocycles. The van der Waals surface area contributed by atoms with Crippen molar-refractivity contribution < 1.29 is 14.3 Å². The molecule has 7 nitrogen and oxygen atoms in total. The second-order valence-corrected chi connectivity index (χ2v) is 11.4. The number of carbonyl (C=O) groups excluding carboxylic acids is 1. The van der Waals surface area contributed by atoms with Crippen molar-refractivity contribution in [3.63, 3.8) is 0 Å². The molecule has 0 N–H and O–H groups in total. The number of hydrogen-bond acceptors (Lipinski definition) is 5. The highest BCUT2D eigenvalue weighted by molar-refractivity contribution is 5.99. The van der Waals surface area contributed by atoms with Gasteiger partial charge in [0.25, 0.3) is 0 Å². The van der Waals surface area contributed by atoms with E-state index in [4.69, 9.17) is 14.6 Å². The number of esters is 1. The second kappa shape index (κ2) is 11.8. The molecule has 0 atom stereocenters. The van der Waals surface area contributed by atoms with Gasteiger partial charge in [0.1, 0.15) is 16.9 Å². The number of methoxy groups -OCH3 is 1. The van der Waals surface area contributed by atoms with Crippen LogP contribution in [0, 0.1) is 0 Å². The van der Waals surface area contributed by atoms with Gasteiger partial charge < -0.3 is 14.0 Å². The molecule has 0 aliphatic carbocycles. The van der Waals surface area contributed by atoms with Crippen LogP contribution < -0.4 is 4.74 Å². The van der Waals surface area contributed by atoms with Crippen molar-refractivity contribution in [1.29, 1.82) is 0 Å². The van der Waals surface area contributed by atoms with Crippen LogP contribution in [-0.4, -0.2) is 38.5 Å². The van der Waals surface area contributed by atoms with Crippen molar-refractivity contribution in [2.75, 3.05) is 7.11 Å². The standard InChI is InChI=1S/C37H36N4O3/c1-25(2)40-24-27(23-32(40)36(42)43-5)34-33-31(21-22-38-35(33)44-26(3)4)41(39-34)37(28-15-9-6-10-16-28,29-17-11-7-12-18-29)30-19-13-8-14-20-30/h6-26H,1-5H3. The summed E-state index contributed by atoms with van der Waals surface area (Å²) in [6.45, 7) is 8.04. The van der Waals surface area contributed by atoms with E-state index < -0.39 is 11.5 Å². The Hall–Kier alpha value is -5.17. The van der Waals surface area contributed by atoms with E-state index in [1.807, 2.05) is 68.8 Å². The van der Waals surface area contributed by atoms with Crippen molar-refractivity contribution in [2.45, 2.75) is 45.4 Å². The number of aromatic nitrogens is 4. The maximum atomic E-state index is 12.9. The Morgan fingerprint density at radius 1 is 0.795 bits per heavy atom. The molecular weight excluding hydrogens is 548 g/mol. The summed E-state index contributed by atoms with van der Waals surface area (Å²) in [7, 11) is 1.40. The summed E-state index contributed by atoms with van der Waals surface area (Å²) < 4.78 is 15.5. The van der Waals surface area contributed by atoms with Gasteiger partial charge in [0, 0.05) is 24.0 Å². The minimum absolute atomic E-state index is 0.0211. The van der Waals surface area contributed by atoms with Crippen molar-refractivity contribution in [1.82, 2.24) is 19.3 Å². The van der Waals surface area contributed by atoms with E-state index in [1.165, 1.54) is 7.11 Å². The Labute approximate surface area is 257 Å². The minimum atomic E-state index is -0.859. The maximum absolute atomic E-state index is 12.9. The molecule has 0 spiro atoms. The van der Waals surface area contributed by atoms with Gasteiger partial charge in [-0.3, -0.25) is 0 Å². The van der Waals surface area contributed by atoms with E-state index >= 15 is 0 Å². The third-order valence-electron chi connectivity index (χ3n) is 7.87. The zero-order valence-corrected chi connectivity index (χ0v) is 25.6. The summed E-state index contributed by atoms with van der Waals surface area (Å²) in [4.78, 5) is 17.6. The van der Waals surface area contributed by atoms with Crippen LogP contribution in [0.25, 0.3) is 22.2 Å². The minimum Gasteiger partial charge on any atom is -0.474 e. The monoisotopic (exact) mass is 584 g/mol. The molecule has 0 aliphatic rings. The molecule has 0 radical (unpaired) electrons. The molecule has 0 aliphatic heterocycles. The van der Waals surface area contributed by atoms with Crippen LogP contribution in [0.3, 0.4) is 0 Å². The zero-order valence-electron chi connectivity index (χ0n) is 25.6. The Bertz CT molecular complexity index is 1790. The molecule has 7 heteroatoms. The fraction of sp³-hybridized carbons (Fsp3) is 0.216. The van der Waals surface area contributed by atoms with Crippen molar-refractivity contribution in [3.8, 4) is 17.1 Å². The fourth-order valence-corrected chi connectivity index (χ4v) is 6.02. The molecule has 0 amide bonds. The van der Waals surface area contributed by atoms with E-state index in [0.29, 0.717) is 17.3 Å². The molecule has 3 aromatic carbocycles. The normalized spacial score (nSPS) is 11.8. The lowest BCUT2D eigenvalue weighted by Gasteiger charge is -2.37. The first-order valence-corrected chi connectivity index (χ1v) is 14.9. The number of hydrogen-bond donors (Lipinski definition) is 0. The molecule has 0 saturated heterocycles. The first kappa shape index (κ1) is 28.9. The molecule has 6 rings (SSSR count). The smallest absolute Gasteiger partial charge is 0.354 e. The molecular formula is C37H36N4O3. The molecule has 44 heavy (non-hydrogen) atoms. The van der Waals surface area contributed by atoms with Crippen LogP contribution in [0.2, 0.25) is 0 Å². The van der Waals surface area contributed by atoms with Gasteiger partial charge in [0.2, 0.25) is 5.88 Å². The summed E-state index contributed by atoms with van der Waals surface area (Å²) in [6, 6.07) is 35.1. The first-order chi connectivity index (χ1) is 21.4. The summed E-state index contributed by atoms with van der Waals surface area (Å²) in [5.41, 5.74) is 5.02. The van der Waals surface area contributed by atoms with E-state index in [1.54, 1.807) is 6.20 Å². The average molecular weight is 585 g/mol. The van der Waals surface area contributed by atoms with Gasteiger partial charge in [-0.1, -0.05) is 91.0 Å². The van der Waals surface area contributed by atoms with Crippen LogP contribution >= 0.6 is 0 Å². The highest BCUT2D eigenvalue weighted by Gasteiger charge is 2.41. The van der Waals surface area contributed by atoms with Crippen molar-refractivity contribution in [3.05, 3.63) is 138 Å². The van der Waals surface area contributed by atoms with Crippen molar-refractivity contribution in [2.24, 2.45) is 0 Å². The van der Waals surface area contributed by atoms with Gasteiger partial charge in [-0.25, -0.2) is 14.5 Å². The molecule has 3 heterocycles. The van der Waals surface area contributed by atoms with Gasteiger partial charge >= 0.3 is 5.97 Å². The van der Waals surface area contributed by atoms with E-state index in [9.17, 15) is 4.79 Å². The Morgan fingerprint density at radius 3 is 1.82 bits per heavy atom. The largest absolute Gasteiger partial charge is 0.474 e. The van der Waals surface area contributed by atoms with Gasteiger partial charge in [-0.05, 0) is 56.5 Å². The fourth-order valence-electron chi connectivity index (χ4n) is 6.02. The molecule has 6 aromatic rings. The van der Waals surface area contributed by atoms with E-state index in [-0.39, 0.29) is 12.1 Å².